The van der Waals surface area contributed by atoms with Crippen molar-refractivity contribution in [3.8, 4) is 0 Å². The molecule has 0 saturated carbocycles. The van der Waals surface area contributed by atoms with Crippen molar-refractivity contribution < 1.29 is 9.90 Å². The zero-order valence-electron chi connectivity index (χ0n) is 8.22. The van der Waals surface area contributed by atoms with E-state index in [9.17, 15) is 4.79 Å². The van der Waals surface area contributed by atoms with Gasteiger partial charge in [-0.1, -0.05) is 30.3 Å². The maximum Gasteiger partial charge on any atom is 0.322 e. The van der Waals surface area contributed by atoms with Gasteiger partial charge in [0.25, 0.3) is 0 Å². The van der Waals surface area contributed by atoms with Gasteiger partial charge in [0, 0.05) is 6.61 Å². The van der Waals surface area contributed by atoms with Gasteiger partial charge in [0.15, 0.2) is 0 Å². The number of amides is 2. The first kappa shape index (κ1) is 11.9. The van der Waals surface area contributed by atoms with Gasteiger partial charge >= 0.3 is 6.03 Å². The van der Waals surface area contributed by atoms with Crippen LogP contribution in [0.3, 0.4) is 0 Å². The number of carbonyl (C=O) groups excluding carboxylic acids is 1. The van der Waals surface area contributed by atoms with Gasteiger partial charge in [-0.05, 0) is 23.9 Å². The Kier molecular flexibility index (Phi) is 5.00. The van der Waals surface area contributed by atoms with Crippen molar-refractivity contribution in [3.63, 3.8) is 0 Å². The molecule has 1 aromatic carbocycles. The first-order chi connectivity index (χ1) is 7.24. The predicted octanol–water partition coefficient (Wildman–Crippen LogP) is 1.43. The van der Waals surface area contributed by atoms with E-state index in [1.54, 1.807) is 0 Å². The van der Waals surface area contributed by atoms with Crippen LogP contribution in [0.25, 0.3) is 0 Å². The van der Waals surface area contributed by atoms with E-state index in [0.717, 1.165) is 5.56 Å². The summed E-state index contributed by atoms with van der Waals surface area (Å²) in [6.07, 6.45) is 0.578. The van der Waals surface area contributed by atoms with E-state index in [-0.39, 0.29) is 11.9 Å². The largest absolute Gasteiger partial charge is 0.396 e. The molecule has 0 bridgehead atoms. The molecule has 5 heteroatoms. The molecular weight excluding hydrogens is 212 g/mol. The van der Waals surface area contributed by atoms with Crippen molar-refractivity contribution in [2.45, 2.75) is 11.7 Å². The molecule has 82 valence electrons. The third-order valence-electron chi connectivity index (χ3n) is 1.86. The van der Waals surface area contributed by atoms with Crippen LogP contribution in [-0.2, 0) is 0 Å². The lowest BCUT2D eigenvalue weighted by atomic mass is 10.1. The van der Waals surface area contributed by atoms with Gasteiger partial charge in [-0.15, -0.1) is 0 Å². The summed E-state index contributed by atoms with van der Waals surface area (Å²) >= 11 is 1.22. The van der Waals surface area contributed by atoms with Crippen LogP contribution in [0.2, 0.25) is 0 Å². The van der Waals surface area contributed by atoms with E-state index in [0.29, 0.717) is 6.42 Å². The summed E-state index contributed by atoms with van der Waals surface area (Å²) in [6, 6.07) is 9.10. The zero-order valence-corrected chi connectivity index (χ0v) is 9.04. The number of aliphatic hydroxyl groups excluding tert-OH is 1. The molecule has 0 aliphatic heterocycles. The number of urea groups is 1. The van der Waals surface area contributed by atoms with E-state index in [1.165, 1.54) is 11.9 Å². The number of hydrogen-bond acceptors (Lipinski definition) is 3. The second-order valence-corrected chi connectivity index (χ2v) is 4.00. The highest BCUT2D eigenvalue weighted by atomic mass is 32.2. The quantitative estimate of drug-likeness (QED) is 0.665. The number of hydrogen-bond donors (Lipinski definition) is 3. The van der Waals surface area contributed by atoms with Crippen LogP contribution < -0.4 is 10.5 Å². The lowest BCUT2D eigenvalue weighted by Gasteiger charge is -2.14. The molecule has 0 radical (unpaired) electrons. The van der Waals surface area contributed by atoms with Crippen LogP contribution in [0, 0.1) is 0 Å². The van der Waals surface area contributed by atoms with E-state index in [4.69, 9.17) is 10.8 Å². The molecule has 0 spiro atoms. The maximum absolute atomic E-state index is 10.6. The summed E-state index contributed by atoms with van der Waals surface area (Å²) in [5.74, 6) is 0. The highest BCUT2D eigenvalue weighted by Gasteiger charge is 2.11. The molecule has 1 aromatic rings. The lowest BCUT2D eigenvalue weighted by molar-refractivity contribution is 0.254. The third-order valence-corrected chi connectivity index (χ3v) is 2.98. The molecule has 0 aliphatic rings. The monoisotopic (exact) mass is 226 g/mol. The van der Waals surface area contributed by atoms with Crippen LogP contribution in [0.5, 0.6) is 0 Å². The normalized spacial score (nSPS) is 12.1. The molecular formula is C10H14N2O2S. The van der Waals surface area contributed by atoms with Gasteiger partial charge in [-0.25, -0.2) is 4.79 Å². The Morgan fingerprint density at radius 1 is 1.47 bits per heavy atom. The van der Waals surface area contributed by atoms with E-state index in [2.05, 4.69) is 4.72 Å². The molecule has 15 heavy (non-hydrogen) atoms. The number of carbonyl (C=O) groups is 1. The van der Waals surface area contributed by atoms with Gasteiger partial charge in [-0.2, -0.15) is 0 Å². The molecule has 0 aromatic heterocycles. The lowest BCUT2D eigenvalue weighted by Crippen LogP contribution is -2.24. The smallest absolute Gasteiger partial charge is 0.322 e. The molecule has 0 aliphatic carbocycles. The Balaban J connectivity index is 2.61. The summed E-state index contributed by atoms with van der Waals surface area (Å²) in [5, 5.41) is 8.94. The molecule has 1 unspecified atom stereocenters. The molecule has 0 saturated heterocycles. The summed E-state index contributed by atoms with van der Waals surface area (Å²) in [6.45, 7) is 0.0764. The number of benzene rings is 1. The maximum atomic E-state index is 10.6. The Morgan fingerprint density at radius 3 is 2.67 bits per heavy atom. The van der Waals surface area contributed by atoms with Crippen molar-refractivity contribution in [2.75, 3.05) is 6.61 Å². The SMILES string of the molecule is NC(=O)NSC(CCO)c1ccccc1. The summed E-state index contributed by atoms with van der Waals surface area (Å²) in [7, 11) is 0. The molecule has 2 amide bonds. The fourth-order valence-electron chi connectivity index (χ4n) is 1.21. The zero-order chi connectivity index (χ0) is 11.1. The topological polar surface area (TPSA) is 75.4 Å². The minimum absolute atomic E-state index is 0.0312. The standard InChI is InChI=1S/C10H14N2O2S/c11-10(14)12-15-9(6-7-13)8-4-2-1-3-5-8/h1-5,9,13H,6-7H2,(H3,11,12,14). The number of primary amides is 1. The van der Waals surface area contributed by atoms with E-state index >= 15 is 0 Å². The van der Waals surface area contributed by atoms with Crippen molar-refractivity contribution in [1.82, 2.24) is 4.72 Å². The number of rotatable bonds is 5. The number of nitrogens with one attached hydrogen (secondary N) is 1. The van der Waals surface area contributed by atoms with Gasteiger partial charge in [0.1, 0.15) is 0 Å². The van der Waals surface area contributed by atoms with Crippen molar-refractivity contribution in [1.29, 1.82) is 0 Å². The minimum atomic E-state index is -0.570. The van der Waals surface area contributed by atoms with Gasteiger partial charge in [0.05, 0.1) is 5.25 Å². The highest BCUT2D eigenvalue weighted by molar-refractivity contribution is 7.98. The Bertz CT molecular complexity index is 306. The number of nitrogens with two attached hydrogens (primary N) is 1. The summed E-state index contributed by atoms with van der Waals surface area (Å²) in [5.41, 5.74) is 6.04. The van der Waals surface area contributed by atoms with Crippen LogP contribution in [0.4, 0.5) is 4.79 Å². The van der Waals surface area contributed by atoms with Crippen LogP contribution in [-0.4, -0.2) is 17.7 Å². The first-order valence-electron chi connectivity index (χ1n) is 4.61. The van der Waals surface area contributed by atoms with Crippen LogP contribution >= 0.6 is 11.9 Å². The average Bonchev–Trinajstić information content (AvgIpc) is 2.25. The summed E-state index contributed by atoms with van der Waals surface area (Å²) in [4.78, 5) is 10.6. The Morgan fingerprint density at radius 2 is 2.13 bits per heavy atom. The molecule has 4 nitrogen and oxygen atoms in total. The molecule has 0 fully saturated rings. The van der Waals surface area contributed by atoms with E-state index < -0.39 is 6.03 Å². The fraction of sp³-hybridized carbons (Fsp3) is 0.300. The molecule has 1 atom stereocenters. The Labute approximate surface area is 93.0 Å². The van der Waals surface area contributed by atoms with Crippen LogP contribution in [0.1, 0.15) is 17.2 Å². The van der Waals surface area contributed by atoms with Crippen molar-refractivity contribution in [2.24, 2.45) is 5.73 Å². The van der Waals surface area contributed by atoms with Gasteiger partial charge < -0.3 is 10.8 Å². The van der Waals surface area contributed by atoms with Gasteiger partial charge in [0.2, 0.25) is 0 Å². The molecule has 4 N–H and O–H groups in total. The molecule has 0 heterocycles. The Hall–Kier alpha value is -1.20. The molecule has 1 rings (SSSR count). The number of aliphatic hydroxyl groups is 1. The predicted molar refractivity (Wildman–Crippen MR) is 61.2 cm³/mol. The summed E-state index contributed by atoms with van der Waals surface area (Å²) < 4.78 is 2.47. The van der Waals surface area contributed by atoms with Gasteiger partial charge in [-0.3, -0.25) is 4.72 Å². The van der Waals surface area contributed by atoms with Crippen molar-refractivity contribution >= 4 is 18.0 Å². The van der Waals surface area contributed by atoms with Crippen molar-refractivity contribution in [3.05, 3.63) is 35.9 Å². The highest BCUT2D eigenvalue weighted by Crippen LogP contribution is 2.29. The van der Waals surface area contributed by atoms with E-state index in [1.807, 2.05) is 30.3 Å². The second-order valence-electron chi connectivity index (χ2n) is 3.00. The minimum Gasteiger partial charge on any atom is -0.396 e. The third kappa shape index (κ3) is 4.22. The average molecular weight is 226 g/mol. The first-order valence-corrected chi connectivity index (χ1v) is 5.49. The van der Waals surface area contributed by atoms with Crippen LogP contribution in [0.15, 0.2) is 30.3 Å². The second kappa shape index (κ2) is 6.31. The fourth-order valence-corrected chi connectivity index (χ4v) is 1.98.